The lowest BCUT2D eigenvalue weighted by molar-refractivity contribution is -0.144. The van der Waals surface area contributed by atoms with E-state index in [0.29, 0.717) is 29.7 Å². The molecule has 2 atom stereocenters. The fourth-order valence-corrected chi connectivity index (χ4v) is 6.38. The second-order valence-corrected chi connectivity index (χ2v) is 12.8. The van der Waals surface area contributed by atoms with E-state index in [-0.39, 0.29) is 11.4 Å². The van der Waals surface area contributed by atoms with E-state index in [1.165, 1.54) is 31.4 Å². The van der Waals surface area contributed by atoms with Crippen molar-refractivity contribution >= 4 is 33.7 Å². The summed E-state index contributed by atoms with van der Waals surface area (Å²) in [6, 6.07) is 20.6. The summed E-state index contributed by atoms with van der Waals surface area (Å²) in [5.74, 6) is -1.00. The molecule has 222 valence electrons. The van der Waals surface area contributed by atoms with Crippen LogP contribution in [-0.4, -0.2) is 56.0 Å². The molecule has 10 nitrogen and oxygen atoms in total. The van der Waals surface area contributed by atoms with Gasteiger partial charge in [0.05, 0.1) is 18.0 Å². The maximum atomic E-state index is 13.2. The van der Waals surface area contributed by atoms with Gasteiger partial charge in [0.15, 0.2) is 0 Å². The fourth-order valence-electron chi connectivity index (χ4n) is 4.74. The van der Waals surface area contributed by atoms with Crippen LogP contribution < -0.4 is 10.6 Å². The maximum Gasteiger partial charge on any atom is 0.408 e. The number of carbonyl (C=O) groups is 3. The number of nitrogens with one attached hydrogen (secondary N) is 2. The van der Waals surface area contributed by atoms with E-state index >= 15 is 0 Å². The molecule has 0 spiro atoms. The molecule has 4 rings (SSSR count). The van der Waals surface area contributed by atoms with Crippen molar-refractivity contribution in [3.8, 4) is 0 Å². The fraction of sp³-hybridized carbons (Fsp3) is 0.323. The SMILES string of the molecule is COC(=O)[C@@H]1CCCN1S(=O)(=O)c1ccc(NC(=O)c2cccc([C@@H](NC(=O)OC(C)(C)C)c3ccccc3)c2)cc1. The molecule has 1 aliphatic heterocycles. The van der Waals surface area contributed by atoms with Gasteiger partial charge in [0.2, 0.25) is 10.0 Å². The van der Waals surface area contributed by atoms with Gasteiger partial charge in [0.1, 0.15) is 11.6 Å². The first-order chi connectivity index (χ1) is 19.9. The Hall–Kier alpha value is -4.22. The molecule has 0 radical (unpaired) electrons. The average Bonchev–Trinajstić information content (AvgIpc) is 3.47. The first-order valence-corrected chi connectivity index (χ1v) is 15.0. The van der Waals surface area contributed by atoms with Gasteiger partial charge in [0.25, 0.3) is 5.91 Å². The lowest BCUT2D eigenvalue weighted by atomic mass is 9.97. The van der Waals surface area contributed by atoms with E-state index in [2.05, 4.69) is 10.6 Å². The number of hydrogen-bond acceptors (Lipinski definition) is 7. The van der Waals surface area contributed by atoms with E-state index < -0.39 is 45.7 Å². The van der Waals surface area contributed by atoms with Gasteiger partial charge in [-0.25, -0.2) is 13.2 Å². The van der Waals surface area contributed by atoms with Gasteiger partial charge in [-0.15, -0.1) is 0 Å². The monoisotopic (exact) mass is 593 g/mol. The van der Waals surface area contributed by atoms with Crippen LogP contribution in [0.4, 0.5) is 10.5 Å². The number of sulfonamides is 1. The van der Waals surface area contributed by atoms with Crippen LogP contribution in [0.5, 0.6) is 0 Å². The minimum Gasteiger partial charge on any atom is -0.468 e. The highest BCUT2D eigenvalue weighted by molar-refractivity contribution is 7.89. The highest BCUT2D eigenvalue weighted by Crippen LogP contribution is 2.28. The predicted molar refractivity (Wildman–Crippen MR) is 157 cm³/mol. The summed E-state index contributed by atoms with van der Waals surface area (Å²) >= 11 is 0. The van der Waals surface area contributed by atoms with Crippen LogP contribution in [0.3, 0.4) is 0 Å². The molecule has 2 amide bonds. The van der Waals surface area contributed by atoms with Crippen molar-refractivity contribution in [2.45, 2.75) is 56.2 Å². The lowest BCUT2D eigenvalue weighted by Gasteiger charge is -2.24. The molecular weight excluding hydrogens is 558 g/mol. The van der Waals surface area contributed by atoms with Crippen molar-refractivity contribution in [3.63, 3.8) is 0 Å². The molecule has 1 aliphatic rings. The summed E-state index contributed by atoms with van der Waals surface area (Å²) in [5.41, 5.74) is 1.53. The molecule has 3 aromatic carbocycles. The highest BCUT2D eigenvalue weighted by atomic mass is 32.2. The molecular formula is C31H35N3O7S. The summed E-state index contributed by atoms with van der Waals surface area (Å²) in [6.07, 6.45) is 0.371. The minimum atomic E-state index is -3.93. The number of rotatable bonds is 8. The van der Waals surface area contributed by atoms with Gasteiger partial charge >= 0.3 is 12.1 Å². The number of alkyl carbamates (subject to hydrolysis) is 1. The number of methoxy groups -OCH3 is 1. The number of hydrogen-bond donors (Lipinski definition) is 2. The molecule has 42 heavy (non-hydrogen) atoms. The topological polar surface area (TPSA) is 131 Å². The summed E-state index contributed by atoms with van der Waals surface area (Å²) in [4.78, 5) is 37.9. The summed E-state index contributed by atoms with van der Waals surface area (Å²) < 4.78 is 37.8. The zero-order valence-corrected chi connectivity index (χ0v) is 24.8. The Kier molecular flexibility index (Phi) is 9.33. The summed E-state index contributed by atoms with van der Waals surface area (Å²) in [6.45, 7) is 5.57. The van der Waals surface area contributed by atoms with E-state index in [4.69, 9.17) is 9.47 Å². The van der Waals surface area contributed by atoms with E-state index in [0.717, 1.165) is 9.87 Å². The zero-order chi connectivity index (χ0) is 30.5. The van der Waals surface area contributed by atoms with E-state index in [9.17, 15) is 22.8 Å². The lowest BCUT2D eigenvalue weighted by Crippen LogP contribution is -2.41. The smallest absolute Gasteiger partial charge is 0.408 e. The van der Waals surface area contributed by atoms with E-state index in [1.807, 2.05) is 36.4 Å². The Morgan fingerprint density at radius 3 is 2.24 bits per heavy atom. The third kappa shape index (κ3) is 7.34. The molecule has 1 saturated heterocycles. The second kappa shape index (κ2) is 12.7. The van der Waals surface area contributed by atoms with Crippen molar-refractivity contribution in [1.29, 1.82) is 0 Å². The molecule has 3 aromatic rings. The van der Waals surface area contributed by atoms with Crippen molar-refractivity contribution in [3.05, 3.63) is 95.6 Å². The largest absolute Gasteiger partial charge is 0.468 e. The average molecular weight is 594 g/mol. The van der Waals surface area contributed by atoms with Gasteiger partial charge in [0, 0.05) is 17.8 Å². The van der Waals surface area contributed by atoms with Gasteiger partial charge in [-0.05, 0) is 81.1 Å². The highest BCUT2D eigenvalue weighted by Gasteiger charge is 2.40. The molecule has 0 aliphatic carbocycles. The molecule has 0 saturated carbocycles. The standard InChI is InChI=1S/C31H35N3O7S/c1-31(2,3)41-30(37)33-27(21-10-6-5-7-11-21)22-12-8-13-23(20-22)28(35)32-24-15-17-25(18-16-24)42(38,39)34-19-9-14-26(34)29(36)40-4/h5-8,10-13,15-18,20,26-27H,9,14,19H2,1-4H3,(H,32,35)(H,33,37)/t26-,27-/m0/s1. The Bertz CT molecular complexity index is 1530. The van der Waals surface area contributed by atoms with Crippen molar-refractivity contribution in [1.82, 2.24) is 9.62 Å². The molecule has 0 bridgehead atoms. The Balaban J connectivity index is 1.51. The molecule has 1 fully saturated rings. The number of ether oxygens (including phenoxy) is 2. The van der Waals surface area contributed by atoms with Crippen molar-refractivity contribution < 1.29 is 32.3 Å². The maximum absolute atomic E-state index is 13.2. The summed E-state index contributed by atoms with van der Waals surface area (Å²) in [5, 5.41) is 5.68. The Morgan fingerprint density at radius 1 is 0.929 bits per heavy atom. The van der Waals surface area contributed by atoms with Crippen LogP contribution in [0.15, 0.2) is 83.8 Å². The van der Waals surface area contributed by atoms with Gasteiger partial charge < -0.3 is 20.1 Å². The molecule has 1 heterocycles. The Labute approximate surface area is 246 Å². The van der Waals surface area contributed by atoms with Crippen LogP contribution in [-0.2, 0) is 24.3 Å². The third-order valence-electron chi connectivity index (χ3n) is 6.67. The van der Waals surface area contributed by atoms with Crippen LogP contribution in [0.25, 0.3) is 0 Å². The van der Waals surface area contributed by atoms with Crippen molar-refractivity contribution in [2.24, 2.45) is 0 Å². The van der Waals surface area contributed by atoms with Gasteiger partial charge in [-0.1, -0.05) is 42.5 Å². The number of benzene rings is 3. The number of amides is 2. The number of esters is 1. The van der Waals surface area contributed by atoms with E-state index in [1.54, 1.807) is 39.0 Å². The third-order valence-corrected chi connectivity index (χ3v) is 8.59. The molecule has 11 heteroatoms. The minimum absolute atomic E-state index is 0.0113. The van der Waals surface area contributed by atoms with Crippen molar-refractivity contribution in [2.75, 3.05) is 19.0 Å². The second-order valence-electron chi connectivity index (χ2n) is 10.9. The number of anilines is 1. The van der Waals surface area contributed by atoms with Crippen LogP contribution >= 0.6 is 0 Å². The number of carbonyl (C=O) groups excluding carboxylic acids is 3. The Morgan fingerprint density at radius 2 is 1.60 bits per heavy atom. The van der Waals surface area contributed by atoms with Crippen LogP contribution in [0.1, 0.15) is 61.1 Å². The van der Waals surface area contributed by atoms with Crippen LogP contribution in [0.2, 0.25) is 0 Å². The van der Waals surface area contributed by atoms with Crippen LogP contribution in [0, 0.1) is 0 Å². The molecule has 0 aromatic heterocycles. The van der Waals surface area contributed by atoms with Gasteiger partial charge in [-0.2, -0.15) is 4.31 Å². The quantitative estimate of drug-likeness (QED) is 0.356. The number of nitrogens with zero attached hydrogens (tertiary/aromatic N) is 1. The first-order valence-electron chi connectivity index (χ1n) is 13.5. The molecule has 2 N–H and O–H groups in total. The summed E-state index contributed by atoms with van der Waals surface area (Å²) in [7, 11) is -2.69. The normalized spacial score (nSPS) is 16.3. The van der Waals surface area contributed by atoms with Gasteiger partial charge in [-0.3, -0.25) is 9.59 Å². The first kappa shape index (κ1) is 30.7. The zero-order valence-electron chi connectivity index (χ0n) is 24.0. The molecule has 0 unspecified atom stereocenters. The predicted octanol–water partition coefficient (Wildman–Crippen LogP) is 4.88.